The van der Waals surface area contributed by atoms with Crippen LogP contribution in [-0.2, 0) is 25.7 Å². The first kappa shape index (κ1) is 27.0. The van der Waals surface area contributed by atoms with Crippen molar-refractivity contribution in [3.8, 4) is 0 Å². The van der Waals surface area contributed by atoms with Gasteiger partial charge in [0.15, 0.2) is 0 Å². The van der Waals surface area contributed by atoms with E-state index in [-0.39, 0.29) is 24.4 Å². The highest BCUT2D eigenvalue weighted by molar-refractivity contribution is 6.30. The maximum absolute atomic E-state index is 14.8. The number of nitrogens with one attached hydrogen (secondary N) is 2. The van der Waals surface area contributed by atoms with Gasteiger partial charge in [0.1, 0.15) is 17.5 Å². The molecule has 40 heavy (non-hydrogen) atoms. The third-order valence-electron chi connectivity index (χ3n) is 9.35. The topological polar surface area (TPSA) is 87.7 Å². The summed E-state index contributed by atoms with van der Waals surface area (Å²) < 4.78 is 21.2. The number of fused-ring (bicyclic) bond motifs is 1. The van der Waals surface area contributed by atoms with Gasteiger partial charge in [-0.2, -0.15) is 0 Å². The molecule has 3 aliphatic heterocycles. The molecule has 0 unspecified atom stereocenters. The zero-order valence-corrected chi connectivity index (χ0v) is 23.2. The summed E-state index contributed by atoms with van der Waals surface area (Å²) in [6.07, 6.45) is 5.85. The van der Waals surface area contributed by atoms with E-state index in [1.165, 1.54) is 11.0 Å². The number of amides is 3. The number of halogens is 2. The Morgan fingerprint density at radius 2 is 1.93 bits per heavy atom. The number of rotatable bonds is 6. The van der Waals surface area contributed by atoms with Gasteiger partial charge in [0.05, 0.1) is 17.9 Å². The first-order valence-electron chi connectivity index (χ1n) is 14.0. The molecule has 0 radical (unpaired) electrons. The molecule has 4 aliphatic rings. The van der Waals surface area contributed by atoms with E-state index in [1.54, 1.807) is 54.6 Å². The van der Waals surface area contributed by atoms with Crippen LogP contribution >= 0.6 is 11.6 Å². The van der Waals surface area contributed by atoms with Gasteiger partial charge in [0.25, 0.3) is 0 Å². The number of nitrogens with zero attached hydrogens (tertiary/aromatic N) is 1. The Labute approximate surface area is 238 Å². The van der Waals surface area contributed by atoms with Gasteiger partial charge in [-0.1, -0.05) is 74.7 Å². The van der Waals surface area contributed by atoms with Crippen molar-refractivity contribution < 1.29 is 23.5 Å². The molecule has 3 heterocycles. The predicted molar refractivity (Wildman–Crippen MR) is 149 cm³/mol. The second kappa shape index (κ2) is 10.3. The molecule has 6 rings (SSSR count). The molecule has 2 aromatic carbocycles. The lowest BCUT2D eigenvalue weighted by Gasteiger charge is -2.38. The smallest absolute Gasteiger partial charge is 0.246 e. The van der Waals surface area contributed by atoms with Gasteiger partial charge in [-0.05, 0) is 42.5 Å². The number of ether oxygens (including phenoxy) is 1. The van der Waals surface area contributed by atoms with Crippen molar-refractivity contribution in [1.82, 2.24) is 10.2 Å². The van der Waals surface area contributed by atoms with Gasteiger partial charge in [0, 0.05) is 28.9 Å². The minimum Gasteiger partial charge on any atom is -0.359 e. The number of hydrogen-bond acceptors (Lipinski definition) is 4. The molecule has 2 aromatic rings. The predicted octanol–water partition coefficient (Wildman–Crippen LogP) is 4.71. The average Bonchev–Trinajstić information content (AvgIpc) is 3.55. The summed E-state index contributed by atoms with van der Waals surface area (Å²) in [6, 6.07) is 11.9. The lowest BCUT2D eigenvalue weighted by molar-refractivity contribution is -0.142. The molecular weight excluding hydrogens is 533 g/mol. The minimum atomic E-state index is -1.32. The SMILES string of the molecule is C[C@H]1[C@H](C)CCC[C@@H]1NC(=O)[C@@H]1N(Cc2ccccc2F)C(=O)[C@@H]2[C@@H](C(=O)Nc3cccc(Cl)c3)[C@@H]3C=C[C@]21O3. The van der Waals surface area contributed by atoms with Gasteiger partial charge in [-0.3, -0.25) is 14.4 Å². The minimum absolute atomic E-state index is 0.0402. The summed E-state index contributed by atoms with van der Waals surface area (Å²) >= 11 is 6.10. The Bertz CT molecular complexity index is 1380. The van der Waals surface area contributed by atoms with E-state index in [1.807, 2.05) is 0 Å². The summed E-state index contributed by atoms with van der Waals surface area (Å²) in [5.74, 6) is -2.63. The third kappa shape index (κ3) is 4.41. The number of hydrogen-bond donors (Lipinski definition) is 2. The van der Waals surface area contributed by atoms with Crippen molar-refractivity contribution in [1.29, 1.82) is 0 Å². The Hall–Kier alpha value is -3.23. The van der Waals surface area contributed by atoms with Crippen molar-refractivity contribution in [3.05, 3.63) is 77.1 Å². The summed E-state index contributed by atoms with van der Waals surface area (Å²) in [6.45, 7) is 4.22. The molecule has 7 nitrogen and oxygen atoms in total. The van der Waals surface area contributed by atoms with E-state index in [2.05, 4.69) is 24.5 Å². The number of carbonyl (C=O) groups is 3. The summed E-state index contributed by atoms with van der Waals surface area (Å²) in [7, 11) is 0. The van der Waals surface area contributed by atoms with Crippen LogP contribution in [0.5, 0.6) is 0 Å². The highest BCUT2D eigenvalue weighted by atomic mass is 35.5. The first-order valence-corrected chi connectivity index (χ1v) is 14.4. The Kier molecular flexibility index (Phi) is 6.95. The largest absolute Gasteiger partial charge is 0.359 e. The van der Waals surface area contributed by atoms with Gasteiger partial charge >= 0.3 is 0 Å². The monoisotopic (exact) mass is 565 g/mol. The molecule has 210 valence electrons. The molecule has 8 atom stereocenters. The number of carbonyl (C=O) groups excluding carboxylic acids is 3. The van der Waals surface area contributed by atoms with Crippen LogP contribution in [0.2, 0.25) is 5.02 Å². The maximum atomic E-state index is 14.8. The van der Waals surface area contributed by atoms with Crippen LogP contribution in [0.25, 0.3) is 0 Å². The summed E-state index contributed by atoms with van der Waals surface area (Å²) in [5, 5.41) is 6.55. The van der Waals surface area contributed by atoms with E-state index >= 15 is 0 Å². The standard InChI is InChI=1S/C31H33ClFN3O4/c1-17-7-5-12-23(18(17)2)35-29(38)27-31-14-13-24(40-31)25(28(37)34-21-10-6-9-20(32)15-21)26(31)30(39)36(27)16-19-8-3-4-11-22(19)33/h3-4,6,8-11,13-15,17-18,23-27H,5,7,12,16H2,1-2H3,(H,34,37)(H,35,38)/t17-,18+,23+,24+,25+,26+,27+,31+/m1/s1. The summed E-state index contributed by atoms with van der Waals surface area (Å²) in [5.41, 5.74) is -0.526. The molecule has 2 N–H and O–H groups in total. The molecule has 1 aliphatic carbocycles. The Balaban J connectivity index is 1.34. The Morgan fingerprint density at radius 3 is 2.70 bits per heavy atom. The van der Waals surface area contributed by atoms with E-state index in [0.29, 0.717) is 22.2 Å². The first-order chi connectivity index (χ1) is 19.2. The zero-order chi connectivity index (χ0) is 28.2. The van der Waals surface area contributed by atoms with Crippen LogP contribution in [0.1, 0.15) is 38.7 Å². The molecule has 1 saturated carbocycles. The van der Waals surface area contributed by atoms with Crippen molar-refractivity contribution in [2.75, 3.05) is 5.32 Å². The second-order valence-corrected chi connectivity index (χ2v) is 12.1. The van der Waals surface area contributed by atoms with Gasteiger partial charge in [-0.25, -0.2) is 4.39 Å². The molecule has 2 bridgehead atoms. The average molecular weight is 566 g/mol. The number of anilines is 1. The summed E-state index contributed by atoms with van der Waals surface area (Å²) in [4.78, 5) is 43.2. The second-order valence-electron chi connectivity index (χ2n) is 11.6. The Morgan fingerprint density at radius 1 is 1.12 bits per heavy atom. The lowest BCUT2D eigenvalue weighted by atomic mass is 9.73. The van der Waals surface area contributed by atoms with Crippen LogP contribution in [0.3, 0.4) is 0 Å². The van der Waals surface area contributed by atoms with Crippen molar-refractivity contribution >= 4 is 35.0 Å². The van der Waals surface area contributed by atoms with Crippen molar-refractivity contribution in [2.45, 2.75) is 63.4 Å². The van der Waals surface area contributed by atoms with Gasteiger partial charge in [-0.15, -0.1) is 0 Å². The quantitative estimate of drug-likeness (QED) is 0.497. The fraction of sp³-hybridized carbons (Fsp3) is 0.452. The van der Waals surface area contributed by atoms with Crippen molar-refractivity contribution in [3.63, 3.8) is 0 Å². The molecular formula is C31H33ClFN3O4. The normalized spacial score (nSPS) is 34.1. The zero-order valence-electron chi connectivity index (χ0n) is 22.5. The van der Waals surface area contributed by atoms with Crippen LogP contribution in [0, 0.1) is 29.5 Å². The molecule has 2 saturated heterocycles. The fourth-order valence-corrected chi connectivity index (χ4v) is 7.28. The van der Waals surface area contributed by atoms with E-state index in [9.17, 15) is 18.8 Å². The number of benzene rings is 2. The molecule has 3 amide bonds. The highest BCUT2D eigenvalue weighted by Gasteiger charge is 2.72. The maximum Gasteiger partial charge on any atom is 0.246 e. The van der Waals surface area contributed by atoms with E-state index in [4.69, 9.17) is 16.3 Å². The molecule has 0 aromatic heterocycles. The molecule has 9 heteroatoms. The fourth-order valence-electron chi connectivity index (χ4n) is 7.09. The highest BCUT2D eigenvalue weighted by Crippen LogP contribution is 2.55. The van der Waals surface area contributed by atoms with Gasteiger partial charge < -0.3 is 20.3 Å². The van der Waals surface area contributed by atoms with Crippen LogP contribution in [0.4, 0.5) is 10.1 Å². The van der Waals surface area contributed by atoms with Crippen LogP contribution in [0.15, 0.2) is 60.7 Å². The van der Waals surface area contributed by atoms with Crippen molar-refractivity contribution in [2.24, 2.45) is 23.7 Å². The van der Waals surface area contributed by atoms with Crippen LogP contribution in [-0.4, -0.2) is 46.4 Å². The molecule has 1 spiro atoms. The van der Waals surface area contributed by atoms with E-state index in [0.717, 1.165) is 19.3 Å². The number of likely N-dealkylation sites (tertiary alicyclic amines) is 1. The lowest BCUT2D eigenvalue weighted by Crippen LogP contribution is -2.57. The molecule has 3 fully saturated rings. The van der Waals surface area contributed by atoms with Gasteiger partial charge in [0.2, 0.25) is 17.7 Å². The van der Waals surface area contributed by atoms with Crippen LogP contribution < -0.4 is 10.6 Å². The third-order valence-corrected chi connectivity index (χ3v) is 9.59. The van der Waals surface area contributed by atoms with E-state index < -0.39 is 47.2 Å².